The zero-order valence-electron chi connectivity index (χ0n) is 15.3. The molecule has 1 aliphatic rings. The van der Waals surface area contributed by atoms with Gasteiger partial charge in [0, 0.05) is 5.56 Å². The number of hydrogen-bond donors (Lipinski definition) is 2. The molecule has 2 N–H and O–H groups in total. The lowest BCUT2D eigenvalue weighted by Gasteiger charge is -2.34. The highest BCUT2D eigenvalue weighted by Gasteiger charge is 2.41. The van der Waals surface area contributed by atoms with Crippen molar-refractivity contribution in [3.63, 3.8) is 0 Å². The summed E-state index contributed by atoms with van der Waals surface area (Å²) in [6, 6.07) is 15.1. The highest BCUT2D eigenvalue weighted by atomic mass is 19.1. The SMILES string of the molecule is O=C(Nc1ccccc1F)NC1(c2nc(-c3ccccc3)no2)CCCCC1. The van der Waals surface area contributed by atoms with Gasteiger partial charge >= 0.3 is 6.03 Å². The third-order valence-corrected chi connectivity index (χ3v) is 5.05. The molecule has 1 fully saturated rings. The first-order chi connectivity index (χ1) is 13.7. The van der Waals surface area contributed by atoms with Gasteiger partial charge in [-0.3, -0.25) is 0 Å². The molecule has 1 saturated carbocycles. The fraction of sp³-hybridized carbons (Fsp3) is 0.286. The fourth-order valence-electron chi connectivity index (χ4n) is 3.60. The number of rotatable bonds is 4. The molecule has 0 atom stereocenters. The Labute approximate surface area is 162 Å². The second-order valence-electron chi connectivity index (χ2n) is 6.99. The smallest absolute Gasteiger partial charge is 0.320 e. The van der Waals surface area contributed by atoms with Crippen LogP contribution in [-0.4, -0.2) is 16.2 Å². The van der Waals surface area contributed by atoms with Gasteiger partial charge in [0.15, 0.2) is 0 Å². The minimum absolute atomic E-state index is 0.126. The van der Waals surface area contributed by atoms with Gasteiger partial charge in [0.1, 0.15) is 11.4 Å². The van der Waals surface area contributed by atoms with Crippen LogP contribution in [0.5, 0.6) is 0 Å². The Hall–Kier alpha value is -3.22. The second kappa shape index (κ2) is 7.80. The minimum atomic E-state index is -0.756. The quantitative estimate of drug-likeness (QED) is 0.678. The summed E-state index contributed by atoms with van der Waals surface area (Å²) in [5, 5.41) is 9.65. The highest BCUT2D eigenvalue weighted by Crippen LogP contribution is 2.37. The molecule has 4 rings (SSSR count). The summed E-state index contributed by atoms with van der Waals surface area (Å²) >= 11 is 0. The summed E-state index contributed by atoms with van der Waals surface area (Å²) in [6.45, 7) is 0. The maximum Gasteiger partial charge on any atom is 0.320 e. The Morgan fingerprint density at radius 2 is 1.71 bits per heavy atom. The predicted molar refractivity (Wildman–Crippen MR) is 103 cm³/mol. The third kappa shape index (κ3) is 3.74. The average molecular weight is 380 g/mol. The van der Waals surface area contributed by atoms with Gasteiger partial charge in [0.25, 0.3) is 5.89 Å². The van der Waals surface area contributed by atoms with Crippen LogP contribution in [0.2, 0.25) is 0 Å². The number of nitrogens with zero attached hydrogens (tertiary/aromatic N) is 2. The van der Waals surface area contributed by atoms with E-state index in [0.717, 1.165) is 24.8 Å². The summed E-state index contributed by atoms with van der Waals surface area (Å²) in [4.78, 5) is 17.2. The molecule has 3 aromatic rings. The van der Waals surface area contributed by atoms with Crippen LogP contribution in [-0.2, 0) is 5.54 Å². The second-order valence-corrected chi connectivity index (χ2v) is 6.99. The van der Waals surface area contributed by atoms with E-state index in [9.17, 15) is 9.18 Å². The van der Waals surface area contributed by atoms with E-state index >= 15 is 0 Å². The third-order valence-electron chi connectivity index (χ3n) is 5.05. The summed E-state index contributed by atoms with van der Waals surface area (Å²) < 4.78 is 19.4. The molecule has 1 heterocycles. The molecular weight excluding hydrogens is 359 g/mol. The molecule has 7 heteroatoms. The number of carbonyl (C=O) groups excluding carboxylic acids is 1. The molecule has 2 aromatic carbocycles. The number of nitrogens with one attached hydrogen (secondary N) is 2. The van der Waals surface area contributed by atoms with Crippen LogP contribution in [0.25, 0.3) is 11.4 Å². The maximum absolute atomic E-state index is 13.9. The van der Waals surface area contributed by atoms with E-state index in [0.29, 0.717) is 24.6 Å². The van der Waals surface area contributed by atoms with Crippen molar-refractivity contribution in [1.29, 1.82) is 0 Å². The Bertz CT molecular complexity index is 952. The Morgan fingerprint density at radius 1 is 1.00 bits per heavy atom. The zero-order chi connectivity index (χ0) is 19.4. The van der Waals surface area contributed by atoms with Crippen LogP contribution in [0, 0.1) is 5.82 Å². The average Bonchev–Trinajstić information content (AvgIpc) is 3.22. The normalized spacial score (nSPS) is 15.8. The summed E-state index contributed by atoms with van der Waals surface area (Å²) in [5.74, 6) is 0.381. The zero-order valence-corrected chi connectivity index (χ0v) is 15.3. The largest absolute Gasteiger partial charge is 0.336 e. The molecule has 0 spiro atoms. The van der Waals surface area contributed by atoms with Crippen molar-refractivity contribution in [3.05, 3.63) is 66.3 Å². The molecule has 6 nitrogen and oxygen atoms in total. The van der Waals surface area contributed by atoms with E-state index in [1.807, 2.05) is 30.3 Å². The lowest BCUT2D eigenvalue weighted by molar-refractivity contribution is 0.173. The van der Waals surface area contributed by atoms with Gasteiger partial charge < -0.3 is 15.2 Å². The monoisotopic (exact) mass is 380 g/mol. The topological polar surface area (TPSA) is 80.0 Å². The molecule has 0 unspecified atom stereocenters. The van der Waals surface area contributed by atoms with Crippen LogP contribution < -0.4 is 10.6 Å². The molecule has 144 valence electrons. The number of anilines is 1. The lowest BCUT2D eigenvalue weighted by atomic mass is 9.81. The van der Waals surface area contributed by atoms with Crippen molar-refractivity contribution in [2.45, 2.75) is 37.6 Å². The van der Waals surface area contributed by atoms with Crippen molar-refractivity contribution < 1.29 is 13.7 Å². The van der Waals surface area contributed by atoms with E-state index in [1.54, 1.807) is 12.1 Å². The van der Waals surface area contributed by atoms with Crippen LogP contribution >= 0.6 is 0 Å². The summed E-state index contributed by atoms with van der Waals surface area (Å²) in [5.41, 5.74) is 0.217. The van der Waals surface area contributed by atoms with Gasteiger partial charge in [-0.25, -0.2) is 9.18 Å². The standard InChI is InChI=1S/C21H21FN4O2/c22-16-11-5-6-12-17(16)23-20(27)25-21(13-7-2-8-14-21)19-24-18(26-28-19)15-9-3-1-4-10-15/h1,3-6,9-12H,2,7-8,13-14H2,(H2,23,25,27). The molecule has 0 bridgehead atoms. The van der Waals surface area contributed by atoms with E-state index in [2.05, 4.69) is 20.8 Å². The highest BCUT2D eigenvalue weighted by molar-refractivity contribution is 5.89. The maximum atomic E-state index is 13.9. The number of para-hydroxylation sites is 1. The van der Waals surface area contributed by atoms with E-state index in [-0.39, 0.29) is 5.69 Å². The first kappa shape index (κ1) is 18.2. The molecular formula is C21H21FN4O2. The van der Waals surface area contributed by atoms with Gasteiger partial charge in [-0.15, -0.1) is 0 Å². The van der Waals surface area contributed by atoms with Crippen molar-refractivity contribution in [2.75, 3.05) is 5.32 Å². The Balaban J connectivity index is 1.58. The van der Waals surface area contributed by atoms with Crippen molar-refractivity contribution >= 4 is 11.7 Å². The molecule has 0 radical (unpaired) electrons. The lowest BCUT2D eigenvalue weighted by Crippen LogP contribution is -2.49. The van der Waals surface area contributed by atoms with Crippen molar-refractivity contribution in [1.82, 2.24) is 15.5 Å². The van der Waals surface area contributed by atoms with Crippen LogP contribution in [0.15, 0.2) is 59.1 Å². The van der Waals surface area contributed by atoms with Crippen LogP contribution in [0.4, 0.5) is 14.9 Å². The van der Waals surface area contributed by atoms with Crippen LogP contribution in [0.1, 0.15) is 38.0 Å². The van der Waals surface area contributed by atoms with E-state index < -0.39 is 17.4 Å². The fourth-order valence-corrected chi connectivity index (χ4v) is 3.60. The summed E-state index contributed by atoms with van der Waals surface area (Å²) in [6.07, 6.45) is 4.33. The van der Waals surface area contributed by atoms with Crippen molar-refractivity contribution in [3.8, 4) is 11.4 Å². The number of hydrogen-bond acceptors (Lipinski definition) is 4. The van der Waals surface area contributed by atoms with Crippen molar-refractivity contribution in [2.24, 2.45) is 0 Å². The molecule has 1 aromatic heterocycles. The molecule has 0 aliphatic heterocycles. The van der Waals surface area contributed by atoms with Gasteiger partial charge in [-0.05, 0) is 25.0 Å². The van der Waals surface area contributed by atoms with E-state index in [4.69, 9.17) is 4.52 Å². The number of halogens is 1. The van der Waals surface area contributed by atoms with Gasteiger partial charge in [0.2, 0.25) is 5.82 Å². The molecule has 0 saturated heterocycles. The summed E-state index contributed by atoms with van der Waals surface area (Å²) in [7, 11) is 0. The number of carbonyl (C=O) groups is 1. The Morgan fingerprint density at radius 3 is 2.46 bits per heavy atom. The number of aromatic nitrogens is 2. The predicted octanol–water partition coefficient (Wildman–Crippen LogP) is 4.86. The first-order valence-electron chi connectivity index (χ1n) is 9.40. The van der Waals surface area contributed by atoms with Gasteiger partial charge in [-0.1, -0.05) is 66.9 Å². The Kier molecular flexibility index (Phi) is 5.06. The van der Waals surface area contributed by atoms with Gasteiger partial charge in [0.05, 0.1) is 5.69 Å². The minimum Gasteiger partial charge on any atom is -0.336 e. The molecule has 2 amide bonds. The number of benzene rings is 2. The molecule has 28 heavy (non-hydrogen) atoms. The van der Waals surface area contributed by atoms with E-state index in [1.165, 1.54) is 12.1 Å². The van der Waals surface area contributed by atoms with Crippen LogP contribution in [0.3, 0.4) is 0 Å². The number of urea groups is 1. The first-order valence-corrected chi connectivity index (χ1v) is 9.40. The molecule has 1 aliphatic carbocycles. The number of amides is 2. The van der Waals surface area contributed by atoms with Gasteiger partial charge in [-0.2, -0.15) is 4.98 Å².